The number of fused-ring (bicyclic) bond motifs is 1. The highest BCUT2D eigenvalue weighted by molar-refractivity contribution is 6.30. The van der Waals surface area contributed by atoms with Crippen LogP contribution in [0, 0.1) is 5.92 Å². The average molecular weight is 358 g/mol. The zero-order chi connectivity index (χ0) is 18.0. The van der Waals surface area contributed by atoms with Crippen molar-refractivity contribution in [3.05, 3.63) is 52.3 Å². The van der Waals surface area contributed by atoms with E-state index in [9.17, 15) is 9.59 Å². The van der Waals surface area contributed by atoms with Gasteiger partial charge in [-0.25, -0.2) is 9.97 Å². The van der Waals surface area contributed by atoms with Gasteiger partial charge in [0.25, 0.3) is 0 Å². The predicted octanol–water partition coefficient (Wildman–Crippen LogP) is 4.03. The van der Waals surface area contributed by atoms with Gasteiger partial charge in [0.15, 0.2) is 5.78 Å². The Labute approximate surface area is 151 Å². The normalized spacial score (nSPS) is 17.7. The van der Waals surface area contributed by atoms with E-state index < -0.39 is 0 Å². The van der Waals surface area contributed by atoms with Crippen molar-refractivity contribution in [3.8, 4) is 0 Å². The number of benzene rings is 1. The fourth-order valence-corrected chi connectivity index (χ4v) is 3.12. The number of Topliss-reactive ketones (excluding diaryl/α,β-unsaturated/α-hetero) is 1. The molecule has 0 bridgehead atoms. The van der Waals surface area contributed by atoms with Crippen molar-refractivity contribution in [1.82, 2.24) is 9.97 Å². The summed E-state index contributed by atoms with van der Waals surface area (Å²) >= 11 is 6.07. The minimum absolute atomic E-state index is 0.0195. The van der Waals surface area contributed by atoms with Gasteiger partial charge in [-0.2, -0.15) is 0 Å². The number of anilines is 1. The van der Waals surface area contributed by atoms with Crippen molar-refractivity contribution in [2.45, 2.75) is 39.0 Å². The number of amides is 1. The van der Waals surface area contributed by atoms with Crippen LogP contribution in [0.1, 0.15) is 54.2 Å². The summed E-state index contributed by atoms with van der Waals surface area (Å²) in [6.45, 7) is 3.80. The Hall–Kier alpha value is -2.27. The second-order valence-corrected chi connectivity index (χ2v) is 6.87. The minimum atomic E-state index is -0.115. The lowest BCUT2D eigenvalue weighted by molar-refractivity contribution is -0.119. The van der Waals surface area contributed by atoms with Gasteiger partial charge in [0.05, 0.1) is 11.3 Å². The molecule has 3 rings (SSSR count). The van der Waals surface area contributed by atoms with Gasteiger partial charge < -0.3 is 0 Å². The van der Waals surface area contributed by atoms with E-state index in [1.165, 1.54) is 6.20 Å². The van der Waals surface area contributed by atoms with Gasteiger partial charge in [0, 0.05) is 23.6 Å². The van der Waals surface area contributed by atoms with E-state index >= 15 is 0 Å². The van der Waals surface area contributed by atoms with Gasteiger partial charge in [-0.15, -0.1) is 0 Å². The first-order chi connectivity index (χ1) is 12.0. The average Bonchev–Trinajstić information content (AvgIpc) is 2.60. The number of rotatable bonds is 4. The third-order valence-electron chi connectivity index (χ3n) is 4.65. The fraction of sp³-hybridized carbons (Fsp3) is 0.368. The summed E-state index contributed by atoms with van der Waals surface area (Å²) in [5, 5.41) is 3.38. The topological polar surface area (TPSA) is 72.0 Å². The number of hydrogen-bond donors (Lipinski definition) is 1. The summed E-state index contributed by atoms with van der Waals surface area (Å²) in [7, 11) is 0. The smallest absolute Gasteiger partial charge is 0.229 e. The standard InChI is InChI=1S/C19H20ClN3O2/c1-3-11(2)18(25)23-19-21-10-15-16(22-19)8-13(9-17(15)24)12-5-4-6-14(20)7-12/h4-7,10-11,13H,3,8-9H2,1-2H3,(H,21,22,23,25)/t11-,13-/m1/s1. The number of aromatic nitrogens is 2. The molecule has 0 saturated heterocycles. The molecule has 0 aliphatic heterocycles. The SMILES string of the molecule is CC[C@@H](C)C(=O)Nc1ncc2c(n1)C[C@@H](c1cccc(Cl)c1)CC2=O. The first kappa shape index (κ1) is 17.5. The fourth-order valence-electron chi connectivity index (χ4n) is 2.92. The Balaban J connectivity index is 1.85. The zero-order valence-electron chi connectivity index (χ0n) is 14.3. The van der Waals surface area contributed by atoms with Crippen LogP contribution >= 0.6 is 11.6 Å². The summed E-state index contributed by atoms with van der Waals surface area (Å²) < 4.78 is 0. The summed E-state index contributed by atoms with van der Waals surface area (Å²) in [5.41, 5.74) is 2.24. The van der Waals surface area contributed by atoms with Gasteiger partial charge >= 0.3 is 0 Å². The van der Waals surface area contributed by atoms with Crippen LogP contribution in [0.3, 0.4) is 0 Å². The lowest BCUT2D eigenvalue weighted by Crippen LogP contribution is -2.24. The highest BCUT2D eigenvalue weighted by Gasteiger charge is 2.28. The molecule has 1 heterocycles. The number of carbonyl (C=O) groups excluding carboxylic acids is 2. The summed E-state index contributed by atoms with van der Waals surface area (Å²) in [4.78, 5) is 33.0. The molecule has 0 spiro atoms. The maximum Gasteiger partial charge on any atom is 0.229 e. The van der Waals surface area contributed by atoms with Gasteiger partial charge in [0.2, 0.25) is 11.9 Å². The van der Waals surface area contributed by atoms with Crippen LogP contribution in [0.15, 0.2) is 30.5 Å². The van der Waals surface area contributed by atoms with Crippen molar-refractivity contribution in [2.75, 3.05) is 5.32 Å². The molecule has 1 aliphatic carbocycles. The van der Waals surface area contributed by atoms with E-state index in [1.807, 2.05) is 38.1 Å². The van der Waals surface area contributed by atoms with Gasteiger partial charge in [0.1, 0.15) is 0 Å². The molecular formula is C19H20ClN3O2. The maximum atomic E-state index is 12.4. The van der Waals surface area contributed by atoms with E-state index in [-0.39, 0.29) is 29.5 Å². The van der Waals surface area contributed by atoms with Crippen LogP contribution in [0.5, 0.6) is 0 Å². The molecule has 0 unspecified atom stereocenters. The highest BCUT2D eigenvalue weighted by Crippen LogP contribution is 2.32. The molecule has 0 saturated carbocycles. The summed E-state index contributed by atoms with van der Waals surface area (Å²) in [6.07, 6.45) is 3.29. The molecule has 1 N–H and O–H groups in total. The Bertz CT molecular complexity index is 822. The van der Waals surface area contributed by atoms with Gasteiger partial charge in [-0.05, 0) is 36.5 Å². The molecule has 1 aromatic heterocycles. The van der Waals surface area contributed by atoms with Crippen molar-refractivity contribution >= 4 is 29.2 Å². The molecule has 0 radical (unpaired) electrons. The Morgan fingerprint density at radius 2 is 2.20 bits per heavy atom. The molecule has 25 heavy (non-hydrogen) atoms. The lowest BCUT2D eigenvalue weighted by atomic mass is 9.82. The largest absolute Gasteiger partial charge is 0.294 e. The molecule has 130 valence electrons. The van der Waals surface area contributed by atoms with Crippen LogP contribution in [-0.2, 0) is 11.2 Å². The summed E-state index contributed by atoms with van der Waals surface area (Å²) in [5.74, 6) is 0.0813. The van der Waals surface area contributed by atoms with Gasteiger partial charge in [-0.3, -0.25) is 14.9 Å². The molecule has 1 aliphatic rings. The van der Waals surface area contributed by atoms with Crippen molar-refractivity contribution in [2.24, 2.45) is 5.92 Å². The molecule has 6 heteroatoms. The second kappa shape index (κ2) is 7.31. The van der Waals surface area contributed by atoms with E-state index in [0.717, 1.165) is 12.0 Å². The second-order valence-electron chi connectivity index (χ2n) is 6.44. The van der Waals surface area contributed by atoms with Crippen molar-refractivity contribution < 1.29 is 9.59 Å². The number of nitrogens with one attached hydrogen (secondary N) is 1. The summed E-state index contributed by atoms with van der Waals surface area (Å²) in [6, 6.07) is 7.56. The van der Waals surface area contributed by atoms with Crippen LogP contribution in [0.4, 0.5) is 5.95 Å². The third-order valence-corrected chi connectivity index (χ3v) is 4.89. The number of ketones is 1. The molecule has 0 fully saturated rings. The maximum absolute atomic E-state index is 12.4. The Kier molecular flexibility index (Phi) is 5.13. The van der Waals surface area contributed by atoms with E-state index in [1.54, 1.807) is 0 Å². The minimum Gasteiger partial charge on any atom is -0.294 e. The molecule has 2 atom stereocenters. The van der Waals surface area contributed by atoms with Crippen LogP contribution in [0.25, 0.3) is 0 Å². The van der Waals surface area contributed by atoms with Crippen molar-refractivity contribution in [1.29, 1.82) is 0 Å². The highest BCUT2D eigenvalue weighted by atomic mass is 35.5. The quantitative estimate of drug-likeness (QED) is 0.896. The number of nitrogens with zero attached hydrogens (tertiary/aromatic N) is 2. The van der Waals surface area contributed by atoms with Crippen LogP contribution < -0.4 is 5.32 Å². The van der Waals surface area contributed by atoms with E-state index in [4.69, 9.17) is 11.6 Å². The van der Waals surface area contributed by atoms with Crippen LogP contribution in [-0.4, -0.2) is 21.7 Å². The predicted molar refractivity (Wildman–Crippen MR) is 97.0 cm³/mol. The van der Waals surface area contributed by atoms with Gasteiger partial charge in [-0.1, -0.05) is 37.6 Å². The van der Waals surface area contributed by atoms with E-state index in [0.29, 0.717) is 29.1 Å². The number of halogens is 1. The third kappa shape index (κ3) is 3.87. The number of carbonyl (C=O) groups is 2. The molecule has 2 aromatic rings. The first-order valence-electron chi connectivity index (χ1n) is 8.43. The lowest BCUT2D eigenvalue weighted by Gasteiger charge is -2.23. The molecule has 1 aromatic carbocycles. The molecule has 1 amide bonds. The Morgan fingerprint density at radius 1 is 1.40 bits per heavy atom. The zero-order valence-corrected chi connectivity index (χ0v) is 15.0. The Morgan fingerprint density at radius 3 is 2.92 bits per heavy atom. The molecular weight excluding hydrogens is 338 g/mol. The number of hydrogen-bond acceptors (Lipinski definition) is 4. The molecule has 5 nitrogen and oxygen atoms in total. The monoisotopic (exact) mass is 357 g/mol. The van der Waals surface area contributed by atoms with E-state index in [2.05, 4.69) is 15.3 Å². The van der Waals surface area contributed by atoms with Crippen molar-refractivity contribution in [3.63, 3.8) is 0 Å². The first-order valence-corrected chi connectivity index (χ1v) is 8.81. The van der Waals surface area contributed by atoms with Crippen LogP contribution in [0.2, 0.25) is 5.02 Å².